The van der Waals surface area contributed by atoms with Crippen molar-refractivity contribution in [2.24, 2.45) is 0 Å². The molecule has 0 radical (unpaired) electrons. The number of carboxylic acids is 1. The van der Waals surface area contributed by atoms with E-state index in [4.69, 9.17) is 27.9 Å². The third kappa shape index (κ3) is 5.98. The summed E-state index contributed by atoms with van der Waals surface area (Å²) in [5.74, 6) is -0.413. The molecule has 182 valence electrons. The van der Waals surface area contributed by atoms with Crippen molar-refractivity contribution in [3.8, 4) is 5.75 Å². The topological polar surface area (TPSA) is 66.8 Å². The highest BCUT2D eigenvalue weighted by molar-refractivity contribution is 6.42. The molecule has 1 N–H and O–H groups in total. The van der Waals surface area contributed by atoms with Crippen LogP contribution < -0.4 is 4.74 Å². The third-order valence-electron chi connectivity index (χ3n) is 6.20. The van der Waals surface area contributed by atoms with Gasteiger partial charge in [0.2, 0.25) is 0 Å². The molecule has 0 spiro atoms. The Kier molecular flexibility index (Phi) is 7.39. The summed E-state index contributed by atoms with van der Waals surface area (Å²) in [5, 5.41) is 10.2. The van der Waals surface area contributed by atoms with Gasteiger partial charge in [-0.25, -0.2) is 0 Å². The predicted molar refractivity (Wildman–Crippen MR) is 138 cm³/mol. The first-order valence-electron chi connectivity index (χ1n) is 11.4. The van der Waals surface area contributed by atoms with Crippen LogP contribution in [-0.2, 0) is 24.2 Å². The highest BCUT2D eigenvalue weighted by Gasteiger charge is 2.36. The summed E-state index contributed by atoms with van der Waals surface area (Å²) in [6, 6.07) is 18.8. The van der Waals surface area contributed by atoms with Crippen molar-refractivity contribution in [2.45, 2.75) is 45.3 Å². The average molecular weight is 512 g/mol. The molecule has 0 fully saturated rings. The quantitative estimate of drug-likeness (QED) is 0.382. The molecule has 1 unspecified atom stereocenters. The second kappa shape index (κ2) is 10.3. The number of rotatable bonds is 8. The summed E-state index contributed by atoms with van der Waals surface area (Å²) < 4.78 is 6.27. The van der Waals surface area contributed by atoms with E-state index in [1.54, 1.807) is 17.0 Å². The Morgan fingerprint density at radius 1 is 1.09 bits per heavy atom. The molecule has 0 aromatic heterocycles. The second-order valence-corrected chi connectivity index (χ2v) is 10.1. The molecule has 7 heteroatoms. The van der Waals surface area contributed by atoms with Gasteiger partial charge in [-0.15, -0.1) is 0 Å². The van der Waals surface area contributed by atoms with Gasteiger partial charge in [-0.05, 0) is 54.8 Å². The Balaban J connectivity index is 1.53. The maximum absolute atomic E-state index is 13.4. The van der Waals surface area contributed by atoms with E-state index in [9.17, 15) is 14.7 Å². The summed E-state index contributed by atoms with van der Waals surface area (Å²) in [6.45, 7) is 4.48. The van der Waals surface area contributed by atoms with Gasteiger partial charge < -0.3 is 14.7 Å². The number of ether oxygens (including phenoxy) is 1. The van der Waals surface area contributed by atoms with Crippen LogP contribution in [0.3, 0.4) is 0 Å². The smallest absolute Gasteiger partial charge is 0.305 e. The number of carbonyl (C=O) groups excluding carboxylic acids is 1. The number of amides is 1. The Morgan fingerprint density at radius 3 is 2.54 bits per heavy atom. The molecule has 5 nitrogen and oxygen atoms in total. The maximum Gasteiger partial charge on any atom is 0.305 e. The molecule has 1 amide bonds. The molecule has 0 saturated heterocycles. The summed E-state index contributed by atoms with van der Waals surface area (Å²) in [4.78, 5) is 26.2. The van der Waals surface area contributed by atoms with Gasteiger partial charge in [0.15, 0.2) is 0 Å². The van der Waals surface area contributed by atoms with E-state index in [2.05, 4.69) is 0 Å². The molecule has 1 atom stereocenters. The second-order valence-electron chi connectivity index (χ2n) is 9.30. The van der Waals surface area contributed by atoms with E-state index < -0.39 is 11.6 Å². The lowest BCUT2D eigenvalue weighted by atomic mass is 9.91. The minimum Gasteiger partial charge on any atom is -0.487 e. The predicted octanol–water partition coefficient (Wildman–Crippen LogP) is 6.36. The van der Waals surface area contributed by atoms with Crippen molar-refractivity contribution >= 4 is 35.1 Å². The summed E-state index contributed by atoms with van der Waals surface area (Å²) in [7, 11) is 0. The fraction of sp³-hybridized carbons (Fsp3) is 0.286. The molecule has 35 heavy (non-hydrogen) atoms. The normalized spacial score (nSPS) is 16.5. The standard InChI is InChI=1S/C28H27Cl2NO4/c1-18-6-8-19(9-7-18)17-31(13-12-25(32)33)27(34)20-10-11-24-22(14-20)16-28(2,35-24)15-21-4-3-5-23(29)26(21)30/h3-11,14H,12-13,15-17H2,1-2H3,(H,32,33). The number of aryl methyl sites for hydroxylation is 1. The van der Waals surface area contributed by atoms with E-state index in [0.717, 1.165) is 28.0 Å². The molecule has 1 heterocycles. The molecular weight excluding hydrogens is 485 g/mol. The zero-order valence-electron chi connectivity index (χ0n) is 19.7. The minimum absolute atomic E-state index is 0.121. The highest BCUT2D eigenvalue weighted by Crippen LogP contribution is 2.39. The van der Waals surface area contributed by atoms with E-state index in [-0.39, 0.29) is 18.9 Å². The van der Waals surface area contributed by atoms with Crippen LogP contribution in [0.1, 0.15) is 46.0 Å². The fourth-order valence-corrected chi connectivity index (χ4v) is 4.81. The van der Waals surface area contributed by atoms with Crippen LogP contribution in [0.2, 0.25) is 10.0 Å². The van der Waals surface area contributed by atoms with Gasteiger partial charge in [0.05, 0.1) is 16.5 Å². The Labute approximate surface area is 215 Å². The lowest BCUT2D eigenvalue weighted by molar-refractivity contribution is -0.137. The monoisotopic (exact) mass is 511 g/mol. The Hall–Kier alpha value is -3.02. The van der Waals surface area contributed by atoms with E-state index in [1.165, 1.54) is 0 Å². The number of carbonyl (C=O) groups is 2. The maximum atomic E-state index is 13.4. The zero-order valence-corrected chi connectivity index (χ0v) is 21.2. The minimum atomic E-state index is -0.940. The number of aliphatic carboxylic acids is 1. The number of hydrogen-bond acceptors (Lipinski definition) is 3. The van der Waals surface area contributed by atoms with Crippen molar-refractivity contribution in [3.63, 3.8) is 0 Å². The summed E-state index contributed by atoms with van der Waals surface area (Å²) >= 11 is 12.6. The first-order valence-corrected chi connectivity index (χ1v) is 12.2. The molecule has 3 aromatic carbocycles. The molecule has 4 rings (SSSR count). The molecule has 1 aliphatic rings. The van der Waals surface area contributed by atoms with Gasteiger partial charge in [0, 0.05) is 31.5 Å². The van der Waals surface area contributed by atoms with Gasteiger partial charge in [-0.2, -0.15) is 0 Å². The zero-order chi connectivity index (χ0) is 25.2. The summed E-state index contributed by atoms with van der Waals surface area (Å²) in [5.41, 5.74) is 3.90. The van der Waals surface area contributed by atoms with Gasteiger partial charge in [-0.1, -0.05) is 65.2 Å². The first kappa shape index (κ1) is 25.1. The number of nitrogens with zero attached hydrogens (tertiary/aromatic N) is 1. The lowest BCUT2D eigenvalue weighted by Gasteiger charge is -2.24. The van der Waals surface area contributed by atoms with Gasteiger partial charge in [0.1, 0.15) is 11.4 Å². The number of hydrogen-bond donors (Lipinski definition) is 1. The fourth-order valence-electron chi connectivity index (χ4n) is 4.42. The van der Waals surface area contributed by atoms with E-state index in [0.29, 0.717) is 35.0 Å². The van der Waals surface area contributed by atoms with Crippen molar-refractivity contribution in [1.82, 2.24) is 4.90 Å². The SMILES string of the molecule is Cc1ccc(CN(CCC(=O)O)C(=O)c2ccc3c(c2)CC(C)(Cc2cccc(Cl)c2Cl)O3)cc1. The van der Waals surface area contributed by atoms with Crippen LogP contribution in [0.25, 0.3) is 0 Å². The van der Waals surface area contributed by atoms with Gasteiger partial charge in [-0.3, -0.25) is 9.59 Å². The van der Waals surface area contributed by atoms with Crippen LogP contribution in [0, 0.1) is 6.92 Å². The van der Waals surface area contributed by atoms with Crippen LogP contribution in [0.4, 0.5) is 0 Å². The Bertz CT molecular complexity index is 1260. The highest BCUT2D eigenvalue weighted by atomic mass is 35.5. The number of carboxylic acid groups (broad SMARTS) is 1. The van der Waals surface area contributed by atoms with Crippen LogP contribution in [-0.4, -0.2) is 34.0 Å². The third-order valence-corrected chi connectivity index (χ3v) is 7.06. The molecule has 0 bridgehead atoms. The first-order chi connectivity index (χ1) is 16.6. The average Bonchev–Trinajstić information content (AvgIpc) is 3.15. The summed E-state index contributed by atoms with van der Waals surface area (Å²) in [6.07, 6.45) is 1.06. The van der Waals surface area contributed by atoms with E-state index >= 15 is 0 Å². The van der Waals surface area contributed by atoms with Crippen molar-refractivity contribution < 1.29 is 19.4 Å². The van der Waals surface area contributed by atoms with Gasteiger partial charge in [0.25, 0.3) is 5.91 Å². The number of halogens is 2. The molecular formula is C28H27Cl2NO4. The van der Waals surface area contributed by atoms with E-state index in [1.807, 2.05) is 62.4 Å². The van der Waals surface area contributed by atoms with Crippen molar-refractivity contribution in [2.75, 3.05) is 6.54 Å². The van der Waals surface area contributed by atoms with Gasteiger partial charge >= 0.3 is 5.97 Å². The lowest BCUT2D eigenvalue weighted by Crippen LogP contribution is -2.33. The molecule has 1 aliphatic heterocycles. The molecule has 0 saturated carbocycles. The number of fused-ring (bicyclic) bond motifs is 1. The number of benzene rings is 3. The van der Waals surface area contributed by atoms with Crippen molar-refractivity contribution in [1.29, 1.82) is 0 Å². The van der Waals surface area contributed by atoms with Crippen LogP contribution >= 0.6 is 23.2 Å². The molecule has 0 aliphatic carbocycles. The van der Waals surface area contributed by atoms with Crippen LogP contribution in [0.5, 0.6) is 5.75 Å². The van der Waals surface area contributed by atoms with Crippen molar-refractivity contribution in [3.05, 3.63) is 98.5 Å². The molecule has 3 aromatic rings. The largest absolute Gasteiger partial charge is 0.487 e. The Morgan fingerprint density at radius 2 is 1.83 bits per heavy atom. The van der Waals surface area contributed by atoms with Crippen LogP contribution in [0.15, 0.2) is 60.7 Å².